The molecule has 2 heterocycles. The summed E-state index contributed by atoms with van der Waals surface area (Å²) in [7, 11) is 0. The van der Waals surface area contributed by atoms with Crippen LogP contribution in [0.2, 0.25) is 0 Å². The third-order valence-electron chi connectivity index (χ3n) is 5.97. The molecular formula is C23H25FN5NaO4. The topological polar surface area (TPSA) is 118 Å². The van der Waals surface area contributed by atoms with Crippen LogP contribution in [0.4, 0.5) is 14.9 Å². The first-order valence-electron chi connectivity index (χ1n) is 10.9. The van der Waals surface area contributed by atoms with Gasteiger partial charge in [0.1, 0.15) is 5.82 Å². The number of carboxylic acids is 1. The van der Waals surface area contributed by atoms with E-state index in [0.717, 1.165) is 25.3 Å². The molecule has 0 atom stereocenters. The van der Waals surface area contributed by atoms with Crippen molar-refractivity contribution < 1.29 is 53.4 Å². The van der Waals surface area contributed by atoms with Crippen LogP contribution in [0, 0.1) is 5.82 Å². The van der Waals surface area contributed by atoms with Crippen molar-refractivity contribution in [3.05, 3.63) is 59.2 Å². The van der Waals surface area contributed by atoms with E-state index < -0.39 is 17.8 Å². The minimum atomic E-state index is -1.32. The fraction of sp³-hybridized carbons (Fsp3) is 0.391. The zero-order valence-corrected chi connectivity index (χ0v) is 21.1. The Morgan fingerprint density at radius 3 is 2.44 bits per heavy atom. The Hall–Kier alpha value is -2.53. The molecule has 1 aliphatic heterocycles. The third-order valence-corrected chi connectivity index (χ3v) is 5.97. The van der Waals surface area contributed by atoms with Gasteiger partial charge in [0.15, 0.2) is 0 Å². The second-order valence-electron chi connectivity index (χ2n) is 8.29. The second-order valence-corrected chi connectivity index (χ2v) is 8.29. The number of aromatic carboxylic acids is 1. The quantitative estimate of drug-likeness (QED) is 0.475. The first-order valence-corrected chi connectivity index (χ1v) is 10.9. The maximum Gasteiger partial charge on any atom is 1.00 e. The molecule has 34 heavy (non-hydrogen) atoms. The van der Waals surface area contributed by atoms with Gasteiger partial charge in [-0.25, -0.2) is 9.18 Å². The Kier molecular flexibility index (Phi) is 9.01. The largest absolute Gasteiger partial charge is 1.00 e. The molecule has 1 aliphatic carbocycles. The van der Waals surface area contributed by atoms with Gasteiger partial charge in [-0.05, 0) is 49.6 Å². The number of pyridine rings is 1. The van der Waals surface area contributed by atoms with Gasteiger partial charge >= 0.3 is 35.6 Å². The molecular weight excluding hydrogens is 452 g/mol. The molecule has 0 unspecified atom stereocenters. The molecule has 4 rings (SSSR count). The summed E-state index contributed by atoms with van der Waals surface area (Å²) < 4.78 is 14.5. The van der Waals surface area contributed by atoms with Crippen LogP contribution in [0.15, 0.2) is 36.4 Å². The van der Waals surface area contributed by atoms with Crippen molar-refractivity contribution in [2.75, 3.05) is 31.5 Å². The number of nitrogens with one attached hydrogen (secondary N) is 2. The zero-order chi connectivity index (χ0) is 23.4. The van der Waals surface area contributed by atoms with Crippen molar-refractivity contribution >= 4 is 23.6 Å². The van der Waals surface area contributed by atoms with E-state index in [1.165, 1.54) is 18.2 Å². The Morgan fingerprint density at radius 2 is 1.82 bits per heavy atom. The second kappa shape index (κ2) is 11.7. The molecule has 2 aliphatic rings. The van der Waals surface area contributed by atoms with E-state index in [1.807, 2.05) is 0 Å². The predicted molar refractivity (Wildman–Crippen MR) is 116 cm³/mol. The Balaban J connectivity index is 0.00000324. The van der Waals surface area contributed by atoms with Crippen molar-refractivity contribution in [3.8, 4) is 0 Å². The summed E-state index contributed by atoms with van der Waals surface area (Å²) in [6.07, 6.45) is 2.94. The summed E-state index contributed by atoms with van der Waals surface area (Å²) in [4.78, 5) is 43.5. The molecule has 0 bridgehead atoms. The molecule has 2 N–H and O–H groups in total. The van der Waals surface area contributed by atoms with E-state index >= 15 is 0 Å². The molecule has 1 saturated carbocycles. The number of carboxylic acid groups (broad SMARTS) is 1. The number of rotatable bonds is 6. The van der Waals surface area contributed by atoms with E-state index in [0.29, 0.717) is 38.4 Å². The molecule has 11 heteroatoms. The molecule has 1 aromatic carbocycles. The number of nitrogens with zero attached hydrogens (tertiary/aromatic N) is 3. The van der Waals surface area contributed by atoms with E-state index in [-0.39, 0.29) is 58.5 Å². The monoisotopic (exact) mass is 477 g/mol. The molecule has 1 aromatic heterocycles. The number of carbonyl (C=O) groups is 3. The molecule has 0 spiro atoms. The SMILES string of the molecule is O=C(Nc1ccc(C(=O)N2CCN(Cc3cccc(C(=O)[O-])n3)CC2)cc1F)NC1CCC1.[Na+]. The van der Waals surface area contributed by atoms with Gasteiger partial charge in [-0.1, -0.05) is 6.07 Å². The predicted octanol–water partition coefficient (Wildman–Crippen LogP) is -1.78. The summed E-state index contributed by atoms with van der Waals surface area (Å²) in [6.45, 7) is 2.51. The third kappa shape index (κ3) is 6.53. The van der Waals surface area contributed by atoms with Gasteiger partial charge in [0.05, 0.1) is 23.0 Å². The van der Waals surface area contributed by atoms with Crippen LogP contribution in [-0.2, 0) is 6.54 Å². The number of benzene rings is 1. The fourth-order valence-corrected chi connectivity index (χ4v) is 3.85. The average molecular weight is 477 g/mol. The first kappa shape index (κ1) is 26.1. The molecule has 3 amide bonds. The van der Waals surface area contributed by atoms with Crippen LogP contribution >= 0.6 is 0 Å². The normalized spacial score (nSPS) is 16.2. The van der Waals surface area contributed by atoms with Crippen LogP contribution in [-0.4, -0.2) is 64.9 Å². The smallest absolute Gasteiger partial charge is 0.543 e. The van der Waals surface area contributed by atoms with Gasteiger partial charge in [0.25, 0.3) is 5.91 Å². The van der Waals surface area contributed by atoms with Gasteiger partial charge in [-0.15, -0.1) is 0 Å². The standard InChI is InChI=1S/C23H26FN5O4.Na/c24-18-13-15(7-8-19(18)27-23(33)26-16-3-1-4-16)21(30)29-11-9-28(10-12-29)14-17-5-2-6-20(25-17)22(31)32;/h2,5-8,13,16H,1,3-4,9-12,14H2,(H,31,32)(H2,26,27,33);/q;+1/p-1. The van der Waals surface area contributed by atoms with E-state index in [9.17, 15) is 23.9 Å². The summed E-state index contributed by atoms with van der Waals surface area (Å²) in [5.74, 6) is -2.27. The van der Waals surface area contributed by atoms with Crippen LogP contribution < -0.4 is 45.3 Å². The van der Waals surface area contributed by atoms with Gasteiger partial charge < -0.3 is 25.4 Å². The van der Waals surface area contributed by atoms with Gasteiger partial charge in [-0.2, -0.15) is 0 Å². The molecule has 0 radical (unpaired) electrons. The minimum Gasteiger partial charge on any atom is -0.543 e. The molecule has 174 valence electrons. The number of hydrogen-bond acceptors (Lipinski definition) is 6. The number of hydrogen-bond donors (Lipinski definition) is 2. The summed E-state index contributed by atoms with van der Waals surface area (Å²) in [6, 6.07) is 8.49. The van der Waals surface area contributed by atoms with Crippen molar-refractivity contribution in [1.29, 1.82) is 0 Å². The Bertz CT molecular complexity index is 1060. The zero-order valence-electron chi connectivity index (χ0n) is 19.1. The Morgan fingerprint density at radius 1 is 1.09 bits per heavy atom. The van der Waals surface area contributed by atoms with Crippen LogP contribution in [0.25, 0.3) is 0 Å². The fourth-order valence-electron chi connectivity index (χ4n) is 3.85. The number of aromatic nitrogens is 1. The van der Waals surface area contributed by atoms with Crippen molar-refractivity contribution in [3.63, 3.8) is 0 Å². The molecule has 9 nitrogen and oxygen atoms in total. The first-order chi connectivity index (χ1) is 15.9. The Labute approximate surface area is 219 Å². The van der Waals surface area contributed by atoms with E-state index in [4.69, 9.17) is 0 Å². The van der Waals surface area contributed by atoms with Crippen molar-refractivity contribution in [2.24, 2.45) is 0 Å². The van der Waals surface area contributed by atoms with Crippen LogP contribution in [0.1, 0.15) is 45.8 Å². The maximum absolute atomic E-state index is 14.5. The van der Waals surface area contributed by atoms with Crippen molar-refractivity contribution in [2.45, 2.75) is 31.8 Å². The summed E-state index contributed by atoms with van der Waals surface area (Å²) in [5, 5.41) is 16.2. The van der Waals surface area contributed by atoms with E-state index in [2.05, 4.69) is 20.5 Å². The van der Waals surface area contributed by atoms with E-state index in [1.54, 1.807) is 17.0 Å². The van der Waals surface area contributed by atoms with Crippen LogP contribution in [0.5, 0.6) is 0 Å². The molecule has 2 fully saturated rings. The number of amides is 3. The number of carbonyl (C=O) groups excluding carboxylic acids is 3. The van der Waals surface area contributed by atoms with Crippen molar-refractivity contribution in [1.82, 2.24) is 20.1 Å². The number of urea groups is 1. The number of halogens is 1. The number of anilines is 1. The van der Waals surface area contributed by atoms with Gasteiger partial charge in [0, 0.05) is 44.3 Å². The summed E-state index contributed by atoms with van der Waals surface area (Å²) in [5.41, 5.74) is 0.749. The molecule has 2 aromatic rings. The van der Waals surface area contributed by atoms with Crippen LogP contribution in [0.3, 0.4) is 0 Å². The van der Waals surface area contributed by atoms with Gasteiger partial charge in [0.2, 0.25) is 0 Å². The average Bonchev–Trinajstić information content (AvgIpc) is 2.78. The number of piperazine rings is 1. The minimum absolute atomic E-state index is 0. The summed E-state index contributed by atoms with van der Waals surface area (Å²) >= 11 is 0. The maximum atomic E-state index is 14.5. The molecule has 1 saturated heterocycles. The van der Waals surface area contributed by atoms with Gasteiger partial charge in [-0.3, -0.25) is 14.7 Å².